The fourth-order valence-electron chi connectivity index (χ4n) is 3.16. The van der Waals surface area contributed by atoms with Crippen molar-refractivity contribution in [1.82, 2.24) is 14.5 Å². The zero-order chi connectivity index (χ0) is 22.7. The maximum absolute atomic E-state index is 12.4. The Kier molecular flexibility index (Phi) is 6.33. The van der Waals surface area contributed by atoms with Crippen molar-refractivity contribution in [3.8, 4) is 16.9 Å². The highest BCUT2D eigenvalue weighted by Crippen LogP contribution is 2.32. The highest BCUT2D eigenvalue weighted by Gasteiger charge is 2.18. The molecule has 0 fully saturated rings. The zero-order valence-corrected chi connectivity index (χ0v) is 18.9. The van der Waals surface area contributed by atoms with E-state index in [4.69, 9.17) is 0 Å². The van der Waals surface area contributed by atoms with Crippen LogP contribution in [0.1, 0.15) is 11.3 Å². The maximum atomic E-state index is 12.4. The number of carbonyl (C=O) groups is 1. The van der Waals surface area contributed by atoms with Crippen LogP contribution in [0, 0.1) is 24.0 Å². The Morgan fingerprint density at radius 3 is 2.75 bits per heavy atom. The number of hydrogen-bond acceptors (Lipinski definition) is 7. The van der Waals surface area contributed by atoms with Gasteiger partial charge in [0.1, 0.15) is 0 Å². The van der Waals surface area contributed by atoms with Crippen LogP contribution >= 0.6 is 23.1 Å². The number of non-ortho nitro benzene ring substituents is 1. The van der Waals surface area contributed by atoms with Crippen LogP contribution in [0.15, 0.2) is 65.3 Å². The minimum Gasteiger partial charge on any atom is -0.301 e. The molecule has 0 atom stereocenters. The van der Waals surface area contributed by atoms with E-state index in [1.54, 1.807) is 12.3 Å². The molecule has 0 aliphatic heterocycles. The number of nitro benzene ring substituents is 1. The van der Waals surface area contributed by atoms with Crippen LogP contribution in [0.4, 0.5) is 10.8 Å². The predicted octanol–water partition coefficient (Wildman–Crippen LogP) is 5.25. The predicted molar refractivity (Wildman–Crippen MR) is 127 cm³/mol. The number of nitrogens with zero attached hydrogens (tertiary/aromatic N) is 4. The minimum atomic E-state index is -0.418. The third-order valence-electron chi connectivity index (χ3n) is 4.64. The molecule has 0 aliphatic carbocycles. The molecule has 0 aliphatic rings. The van der Waals surface area contributed by atoms with Gasteiger partial charge in [-0.2, -0.15) is 0 Å². The summed E-state index contributed by atoms with van der Waals surface area (Å²) in [6, 6.07) is 14.3. The molecule has 10 heteroatoms. The lowest BCUT2D eigenvalue weighted by atomic mass is 10.1. The van der Waals surface area contributed by atoms with Gasteiger partial charge in [0.25, 0.3) is 5.69 Å². The van der Waals surface area contributed by atoms with Crippen molar-refractivity contribution in [2.75, 3.05) is 11.1 Å². The number of hydrogen-bond donors (Lipinski definition) is 1. The number of amides is 1. The molecule has 0 unspecified atom stereocenters. The molecule has 4 rings (SSSR count). The van der Waals surface area contributed by atoms with Gasteiger partial charge in [-0.05, 0) is 25.5 Å². The molecular weight excluding hydrogens is 446 g/mol. The van der Waals surface area contributed by atoms with Gasteiger partial charge in [-0.25, -0.2) is 9.97 Å². The van der Waals surface area contributed by atoms with Crippen LogP contribution in [-0.2, 0) is 4.79 Å². The second kappa shape index (κ2) is 9.33. The van der Waals surface area contributed by atoms with Gasteiger partial charge < -0.3 is 5.32 Å². The Labute approximate surface area is 192 Å². The highest BCUT2D eigenvalue weighted by molar-refractivity contribution is 7.99. The molecule has 0 bridgehead atoms. The number of thiazole rings is 1. The minimum absolute atomic E-state index is 0.00681. The SMILES string of the molecule is Cc1csc(NC(=O)CSc2ncc(-c3cccc([N+](=O)[O-])c3)n2-c2ccccc2C)n1. The first-order valence-corrected chi connectivity index (χ1v) is 11.5. The maximum Gasteiger partial charge on any atom is 0.270 e. The monoisotopic (exact) mass is 465 g/mol. The molecule has 4 aromatic rings. The number of carbonyl (C=O) groups excluding carboxylic acids is 1. The molecular formula is C22H19N5O3S2. The average molecular weight is 466 g/mol. The lowest BCUT2D eigenvalue weighted by Gasteiger charge is -2.14. The second-order valence-corrected chi connectivity index (χ2v) is 8.79. The quantitative estimate of drug-likeness (QED) is 0.227. The molecule has 2 aromatic heterocycles. The number of anilines is 1. The van der Waals surface area contributed by atoms with Gasteiger partial charge in [0.2, 0.25) is 5.91 Å². The van der Waals surface area contributed by atoms with Gasteiger partial charge in [0, 0.05) is 23.1 Å². The van der Waals surface area contributed by atoms with Crippen LogP contribution in [0.25, 0.3) is 16.9 Å². The van der Waals surface area contributed by atoms with Crippen LogP contribution < -0.4 is 5.32 Å². The molecule has 0 saturated heterocycles. The summed E-state index contributed by atoms with van der Waals surface area (Å²) in [6.45, 7) is 3.86. The van der Waals surface area contributed by atoms with E-state index in [1.807, 2.05) is 54.1 Å². The second-order valence-electron chi connectivity index (χ2n) is 6.99. The van der Waals surface area contributed by atoms with E-state index < -0.39 is 4.92 Å². The van der Waals surface area contributed by atoms with E-state index in [0.29, 0.717) is 21.5 Å². The largest absolute Gasteiger partial charge is 0.301 e. The summed E-state index contributed by atoms with van der Waals surface area (Å²) < 4.78 is 1.93. The molecule has 2 aromatic carbocycles. The number of benzene rings is 2. The molecule has 0 saturated carbocycles. The van der Waals surface area contributed by atoms with Crippen LogP contribution in [0.2, 0.25) is 0 Å². The lowest BCUT2D eigenvalue weighted by molar-refractivity contribution is -0.384. The number of imidazole rings is 1. The standard InChI is InChI=1S/C22H19N5O3S2/c1-14-6-3-4-9-18(14)26-19(16-7-5-8-17(10-16)27(29)30)11-23-22(26)32-13-20(28)25-21-24-15(2)12-31-21/h3-12H,13H2,1-2H3,(H,24,25,28). The van der Waals surface area contributed by atoms with E-state index in [0.717, 1.165) is 16.9 Å². The Bertz CT molecular complexity index is 1300. The van der Waals surface area contributed by atoms with Crippen molar-refractivity contribution in [3.63, 3.8) is 0 Å². The Hall–Kier alpha value is -3.50. The van der Waals surface area contributed by atoms with Gasteiger partial charge in [-0.1, -0.05) is 42.1 Å². The fraction of sp³-hybridized carbons (Fsp3) is 0.136. The number of aryl methyl sites for hydroxylation is 2. The van der Waals surface area contributed by atoms with E-state index in [1.165, 1.54) is 35.2 Å². The average Bonchev–Trinajstić information content (AvgIpc) is 3.38. The highest BCUT2D eigenvalue weighted by atomic mass is 32.2. The number of thioether (sulfide) groups is 1. The summed E-state index contributed by atoms with van der Waals surface area (Å²) in [4.78, 5) is 32.0. The first kappa shape index (κ1) is 21.7. The molecule has 0 spiro atoms. The van der Waals surface area contributed by atoms with Crippen LogP contribution in [-0.4, -0.2) is 31.1 Å². The Balaban J connectivity index is 1.67. The van der Waals surface area contributed by atoms with E-state index in [9.17, 15) is 14.9 Å². The number of nitrogens with one attached hydrogen (secondary N) is 1. The van der Waals surface area contributed by atoms with Crippen molar-refractivity contribution in [2.24, 2.45) is 0 Å². The number of nitro groups is 1. The smallest absolute Gasteiger partial charge is 0.270 e. The van der Waals surface area contributed by atoms with Crippen LogP contribution in [0.5, 0.6) is 0 Å². The first-order chi connectivity index (χ1) is 15.4. The van der Waals surface area contributed by atoms with E-state index >= 15 is 0 Å². The molecule has 1 amide bonds. The summed E-state index contributed by atoms with van der Waals surface area (Å²) in [5, 5.41) is 17.1. The fourth-order valence-corrected chi connectivity index (χ4v) is 4.65. The first-order valence-electron chi connectivity index (χ1n) is 9.65. The Morgan fingerprint density at radius 1 is 1.22 bits per heavy atom. The molecule has 0 radical (unpaired) electrons. The third-order valence-corrected chi connectivity index (χ3v) is 6.46. The van der Waals surface area contributed by atoms with Gasteiger partial charge in [-0.3, -0.25) is 19.5 Å². The Morgan fingerprint density at radius 2 is 2.03 bits per heavy atom. The summed E-state index contributed by atoms with van der Waals surface area (Å²) in [5.74, 6) is -0.0313. The summed E-state index contributed by atoms with van der Waals surface area (Å²) in [5.41, 5.74) is 4.15. The van der Waals surface area contributed by atoms with E-state index in [-0.39, 0.29) is 17.3 Å². The molecule has 1 N–H and O–H groups in total. The number of rotatable bonds is 7. The summed E-state index contributed by atoms with van der Waals surface area (Å²) in [7, 11) is 0. The van der Waals surface area contributed by atoms with Crippen molar-refractivity contribution >= 4 is 39.8 Å². The number of aromatic nitrogens is 3. The normalized spacial score (nSPS) is 10.8. The lowest BCUT2D eigenvalue weighted by Crippen LogP contribution is -2.14. The number of para-hydroxylation sites is 1. The van der Waals surface area contributed by atoms with Crippen molar-refractivity contribution in [3.05, 3.63) is 81.5 Å². The topological polar surface area (TPSA) is 103 Å². The van der Waals surface area contributed by atoms with Crippen molar-refractivity contribution in [2.45, 2.75) is 19.0 Å². The summed E-state index contributed by atoms with van der Waals surface area (Å²) >= 11 is 2.67. The molecule has 32 heavy (non-hydrogen) atoms. The van der Waals surface area contributed by atoms with E-state index in [2.05, 4.69) is 15.3 Å². The van der Waals surface area contributed by atoms with Gasteiger partial charge in [0.15, 0.2) is 10.3 Å². The third kappa shape index (κ3) is 4.71. The molecule has 162 valence electrons. The summed E-state index contributed by atoms with van der Waals surface area (Å²) in [6.07, 6.45) is 1.68. The van der Waals surface area contributed by atoms with Gasteiger partial charge >= 0.3 is 0 Å². The molecule has 2 heterocycles. The van der Waals surface area contributed by atoms with Crippen molar-refractivity contribution < 1.29 is 9.72 Å². The van der Waals surface area contributed by atoms with Gasteiger partial charge in [0.05, 0.1) is 33.9 Å². The van der Waals surface area contributed by atoms with Crippen LogP contribution in [0.3, 0.4) is 0 Å². The zero-order valence-electron chi connectivity index (χ0n) is 17.3. The van der Waals surface area contributed by atoms with Gasteiger partial charge in [-0.15, -0.1) is 11.3 Å². The van der Waals surface area contributed by atoms with Crippen molar-refractivity contribution in [1.29, 1.82) is 0 Å². The molecule has 8 nitrogen and oxygen atoms in total.